The molecule has 1 aromatic rings. The molecule has 0 atom stereocenters. The van der Waals surface area contributed by atoms with Crippen molar-refractivity contribution >= 4 is 23.1 Å². The van der Waals surface area contributed by atoms with Crippen LogP contribution >= 0.6 is 11.6 Å². The van der Waals surface area contributed by atoms with Gasteiger partial charge in [-0.25, -0.2) is 0 Å². The van der Waals surface area contributed by atoms with E-state index in [0.717, 1.165) is 40.9 Å². The first-order valence-corrected chi connectivity index (χ1v) is 7.05. The molecule has 0 saturated heterocycles. The van der Waals surface area contributed by atoms with Crippen molar-refractivity contribution in [1.82, 2.24) is 0 Å². The van der Waals surface area contributed by atoms with E-state index in [1.54, 1.807) is 13.2 Å². The van der Waals surface area contributed by atoms with Crippen LogP contribution in [0, 0.1) is 13.8 Å². The Morgan fingerprint density at radius 3 is 2.60 bits per heavy atom. The van der Waals surface area contributed by atoms with E-state index in [0.29, 0.717) is 5.02 Å². The predicted molar refractivity (Wildman–Crippen MR) is 82.6 cm³/mol. The van der Waals surface area contributed by atoms with Crippen molar-refractivity contribution in [2.24, 2.45) is 0 Å². The highest BCUT2D eigenvalue weighted by atomic mass is 35.5. The quantitative estimate of drug-likeness (QED) is 0.833. The number of ether oxygens (including phenoxy) is 1. The molecule has 110 valence electrons. The first-order chi connectivity index (χ1) is 9.42. The zero-order valence-electron chi connectivity index (χ0n) is 12.4. The molecular formula is C16H21ClO3. The molecule has 4 heteroatoms. The second-order valence-electron chi connectivity index (χ2n) is 4.79. The van der Waals surface area contributed by atoms with E-state index < -0.39 is 5.97 Å². The highest BCUT2D eigenvalue weighted by molar-refractivity contribution is 6.32. The number of allylic oxidation sites excluding steroid dienone is 1. The number of aliphatic carboxylic acids is 1. The third kappa shape index (κ3) is 3.76. The zero-order valence-corrected chi connectivity index (χ0v) is 13.2. The summed E-state index contributed by atoms with van der Waals surface area (Å²) in [6.07, 6.45) is 3.48. The Labute approximate surface area is 125 Å². The van der Waals surface area contributed by atoms with Crippen LogP contribution in [-0.4, -0.2) is 18.2 Å². The van der Waals surface area contributed by atoms with Crippen LogP contribution in [0.2, 0.25) is 5.02 Å². The van der Waals surface area contributed by atoms with Gasteiger partial charge in [-0.3, -0.25) is 4.79 Å². The van der Waals surface area contributed by atoms with Crippen LogP contribution in [0.1, 0.15) is 42.9 Å². The van der Waals surface area contributed by atoms with Crippen LogP contribution in [-0.2, 0) is 4.79 Å². The second-order valence-corrected chi connectivity index (χ2v) is 5.16. The molecule has 1 aromatic carbocycles. The fourth-order valence-corrected chi connectivity index (χ4v) is 2.44. The third-order valence-corrected chi connectivity index (χ3v) is 3.81. The van der Waals surface area contributed by atoms with E-state index in [4.69, 9.17) is 21.4 Å². The van der Waals surface area contributed by atoms with Gasteiger partial charge in [0.15, 0.2) is 0 Å². The lowest BCUT2D eigenvalue weighted by atomic mass is 9.93. The van der Waals surface area contributed by atoms with Gasteiger partial charge in [0, 0.05) is 10.6 Å². The van der Waals surface area contributed by atoms with Gasteiger partial charge in [-0.05, 0) is 43.0 Å². The SMILES string of the molecule is CCC/C(=C\CC(=O)O)c1c(OC)cc(C)c(Cl)c1C. The molecular weight excluding hydrogens is 276 g/mol. The van der Waals surface area contributed by atoms with Crippen molar-refractivity contribution in [2.75, 3.05) is 7.11 Å². The van der Waals surface area contributed by atoms with E-state index in [2.05, 4.69) is 6.92 Å². The van der Waals surface area contributed by atoms with Gasteiger partial charge >= 0.3 is 5.97 Å². The predicted octanol–water partition coefficient (Wildman–Crippen LogP) is 4.62. The summed E-state index contributed by atoms with van der Waals surface area (Å²) in [7, 11) is 1.62. The number of carboxylic acids is 1. The number of hydrogen-bond acceptors (Lipinski definition) is 2. The molecule has 0 unspecified atom stereocenters. The maximum Gasteiger partial charge on any atom is 0.307 e. The van der Waals surface area contributed by atoms with Crippen molar-refractivity contribution in [1.29, 1.82) is 0 Å². The number of carboxylic acid groups (broad SMARTS) is 1. The van der Waals surface area contributed by atoms with Gasteiger partial charge < -0.3 is 9.84 Å². The fourth-order valence-electron chi connectivity index (χ4n) is 2.29. The van der Waals surface area contributed by atoms with E-state index >= 15 is 0 Å². The molecule has 1 rings (SSSR count). The van der Waals surface area contributed by atoms with Gasteiger partial charge in [0.2, 0.25) is 0 Å². The first kappa shape index (κ1) is 16.6. The summed E-state index contributed by atoms with van der Waals surface area (Å²) in [6.45, 7) is 5.94. The normalized spacial score (nSPS) is 11.6. The summed E-state index contributed by atoms with van der Waals surface area (Å²) in [4.78, 5) is 10.8. The highest BCUT2D eigenvalue weighted by Crippen LogP contribution is 2.37. The van der Waals surface area contributed by atoms with Crippen molar-refractivity contribution in [2.45, 2.75) is 40.0 Å². The van der Waals surface area contributed by atoms with Gasteiger partial charge in [-0.15, -0.1) is 0 Å². The van der Waals surface area contributed by atoms with Gasteiger partial charge in [0.1, 0.15) is 5.75 Å². The number of benzene rings is 1. The van der Waals surface area contributed by atoms with Crippen molar-refractivity contribution in [3.05, 3.63) is 33.9 Å². The summed E-state index contributed by atoms with van der Waals surface area (Å²) in [5, 5.41) is 9.58. The fraction of sp³-hybridized carbons (Fsp3) is 0.438. The highest BCUT2D eigenvalue weighted by Gasteiger charge is 2.16. The lowest BCUT2D eigenvalue weighted by Gasteiger charge is -2.17. The molecule has 0 aliphatic rings. The Kier molecular flexibility index (Phi) is 6.08. The minimum Gasteiger partial charge on any atom is -0.496 e. The third-order valence-electron chi connectivity index (χ3n) is 3.23. The molecule has 20 heavy (non-hydrogen) atoms. The minimum absolute atomic E-state index is 0.00340. The first-order valence-electron chi connectivity index (χ1n) is 6.67. The smallest absolute Gasteiger partial charge is 0.307 e. The lowest BCUT2D eigenvalue weighted by Crippen LogP contribution is -1.99. The molecule has 0 heterocycles. The topological polar surface area (TPSA) is 46.5 Å². The number of halogens is 1. The molecule has 0 aliphatic carbocycles. The van der Waals surface area contributed by atoms with Crippen molar-refractivity contribution in [3.63, 3.8) is 0 Å². The van der Waals surface area contributed by atoms with Crippen LogP contribution in [0.3, 0.4) is 0 Å². The molecule has 1 N–H and O–H groups in total. The van der Waals surface area contributed by atoms with Crippen LogP contribution in [0.5, 0.6) is 5.75 Å². The largest absolute Gasteiger partial charge is 0.496 e. The Hall–Kier alpha value is -1.48. The molecule has 0 bridgehead atoms. The maximum absolute atomic E-state index is 10.8. The van der Waals surface area contributed by atoms with Crippen molar-refractivity contribution < 1.29 is 14.6 Å². The molecule has 0 amide bonds. The van der Waals surface area contributed by atoms with Gasteiger partial charge in [0.05, 0.1) is 13.5 Å². The lowest BCUT2D eigenvalue weighted by molar-refractivity contribution is -0.135. The number of methoxy groups -OCH3 is 1. The monoisotopic (exact) mass is 296 g/mol. The van der Waals surface area contributed by atoms with E-state index in [9.17, 15) is 4.79 Å². The van der Waals surface area contributed by atoms with Crippen molar-refractivity contribution in [3.8, 4) is 5.75 Å². The standard InChI is InChI=1S/C16H21ClO3/c1-5-6-12(7-8-14(18)19)15-11(3)16(17)10(2)9-13(15)20-4/h7,9H,5-6,8H2,1-4H3,(H,18,19)/b12-7+. The number of carbonyl (C=O) groups is 1. The summed E-state index contributed by atoms with van der Waals surface area (Å²) in [5.74, 6) is -0.0945. The molecule has 0 aliphatic heterocycles. The summed E-state index contributed by atoms with van der Waals surface area (Å²) in [6, 6.07) is 1.90. The number of hydrogen-bond donors (Lipinski definition) is 1. The summed E-state index contributed by atoms with van der Waals surface area (Å²) in [5.41, 5.74) is 3.80. The number of aryl methyl sites for hydroxylation is 1. The Bertz CT molecular complexity index is 533. The summed E-state index contributed by atoms with van der Waals surface area (Å²) < 4.78 is 5.45. The maximum atomic E-state index is 10.8. The average molecular weight is 297 g/mol. The van der Waals surface area contributed by atoms with Gasteiger partial charge in [-0.1, -0.05) is 31.0 Å². The average Bonchev–Trinajstić information content (AvgIpc) is 2.40. The molecule has 0 aromatic heterocycles. The van der Waals surface area contributed by atoms with Crippen LogP contribution in [0.4, 0.5) is 0 Å². The molecule has 0 fully saturated rings. The Morgan fingerprint density at radius 2 is 2.10 bits per heavy atom. The van der Waals surface area contributed by atoms with Crippen LogP contribution < -0.4 is 4.74 Å². The van der Waals surface area contributed by atoms with E-state index in [-0.39, 0.29) is 6.42 Å². The van der Waals surface area contributed by atoms with Crippen LogP contribution in [0.15, 0.2) is 12.1 Å². The van der Waals surface area contributed by atoms with E-state index in [1.165, 1.54) is 0 Å². The Balaban J connectivity index is 3.42. The van der Waals surface area contributed by atoms with E-state index in [1.807, 2.05) is 19.9 Å². The number of rotatable bonds is 6. The molecule has 0 spiro atoms. The zero-order chi connectivity index (χ0) is 15.3. The minimum atomic E-state index is -0.839. The second kappa shape index (κ2) is 7.34. The van der Waals surface area contributed by atoms with Crippen LogP contribution in [0.25, 0.3) is 5.57 Å². The van der Waals surface area contributed by atoms with Gasteiger partial charge in [-0.2, -0.15) is 0 Å². The summed E-state index contributed by atoms with van der Waals surface area (Å²) >= 11 is 6.32. The molecule has 0 radical (unpaired) electrons. The molecule has 0 saturated carbocycles. The molecule has 3 nitrogen and oxygen atoms in total. The Morgan fingerprint density at radius 1 is 1.45 bits per heavy atom. The van der Waals surface area contributed by atoms with Gasteiger partial charge in [0.25, 0.3) is 0 Å².